The predicted molar refractivity (Wildman–Crippen MR) is 60.1 cm³/mol. The van der Waals surface area contributed by atoms with E-state index in [-0.39, 0.29) is 6.04 Å². The molecule has 0 radical (unpaired) electrons. The highest BCUT2D eigenvalue weighted by Crippen LogP contribution is 2.11. The summed E-state index contributed by atoms with van der Waals surface area (Å²) in [4.78, 5) is 10.7. The lowest BCUT2D eigenvalue weighted by atomic mass is 10.3. The SMILES string of the molecule is Cc1cc(C)nc(N(C)C(C)CCl)n1. The van der Waals surface area contributed by atoms with Crippen LogP contribution in [0.5, 0.6) is 0 Å². The van der Waals surface area contributed by atoms with Crippen LogP contribution in [0.25, 0.3) is 0 Å². The van der Waals surface area contributed by atoms with Gasteiger partial charge < -0.3 is 4.90 Å². The van der Waals surface area contributed by atoms with E-state index in [4.69, 9.17) is 11.6 Å². The van der Waals surface area contributed by atoms with Crippen molar-refractivity contribution in [2.45, 2.75) is 26.8 Å². The highest BCUT2D eigenvalue weighted by atomic mass is 35.5. The van der Waals surface area contributed by atoms with Crippen molar-refractivity contribution < 1.29 is 0 Å². The van der Waals surface area contributed by atoms with E-state index in [0.29, 0.717) is 5.88 Å². The minimum atomic E-state index is 0.248. The third-order valence-corrected chi connectivity index (χ3v) is 2.62. The Morgan fingerprint density at radius 3 is 2.29 bits per heavy atom. The van der Waals surface area contributed by atoms with E-state index < -0.39 is 0 Å². The molecule has 0 bridgehead atoms. The standard InChI is InChI=1S/C10H16ClN3/c1-7-5-8(2)13-10(12-7)14(4)9(3)6-11/h5,9H,6H2,1-4H3. The Morgan fingerprint density at radius 2 is 1.86 bits per heavy atom. The highest BCUT2D eigenvalue weighted by molar-refractivity contribution is 6.18. The summed E-state index contributed by atoms with van der Waals surface area (Å²) in [5.74, 6) is 1.32. The first-order valence-corrected chi connectivity index (χ1v) is 5.19. The zero-order chi connectivity index (χ0) is 10.7. The van der Waals surface area contributed by atoms with Gasteiger partial charge in [0.05, 0.1) is 0 Å². The number of hydrogen-bond acceptors (Lipinski definition) is 3. The molecule has 3 nitrogen and oxygen atoms in total. The van der Waals surface area contributed by atoms with Crippen molar-refractivity contribution in [3.63, 3.8) is 0 Å². The van der Waals surface area contributed by atoms with E-state index in [1.54, 1.807) is 0 Å². The van der Waals surface area contributed by atoms with Crippen LogP contribution in [0.15, 0.2) is 6.07 Å². The van der Waals surface area contributed by atoms with Crippen LogP contribution >= 0.6 is 11.6 Å². The van der Waals surface area contributed by atoms with Gasteiger partial charge in [0.15, 0.2) is 0 Å². The Balaban J connectivity index is 2.94. The number of nitrogens with zero attached hydrogens (tertiary/aromatic N) is 3. The van der Waals surface area contributed by atoms with Gasteiger partial charge in [0.1, 0.15) is 0 Å². The Hall–Kier alpha value is -0.830. The molecular weight excluding hydrogens is 198 g/mol. The number of anilines is 1. The molecule has 1 atom stereocenters. The number of halogens is 1. The topological polar surface area (TPSA) is 29.0 Å². The Labute approximate surface area is 90.1 Å². The van der Waals surface area contributed by atoms with Crippen molar-refractivity contribution in [2.75, 3.05) is 17.8 Å². The van der Waals surface area contributed by atoms with Gasteiger partial charge in [0.2, 0.25) is 5.95 Å². The first-order valence-electron chi connectivity index (χ1n) is 4.65. The van der Waals surface area contributed by atoms with Gasteiger partial charge in [-0.3, -0.25) is 0 Å². The van der Waals surface area contributed by atoms with Crippen LogP contribution in [0.3, 0.4) is 0 Å². The highest BCUT2D eigenvalue weighted by Gasteiger charge is 2.11. The minimum absolute atomic E-state index is 0.248. The molecule has 14 heavy (non-hydrogen) atoms. The molecule has 0 aliphatic carbocycles. The van der Waals surface area contributed by atoms with Crippen LogP contribution < -0.4 is 4.90 Å². The summed E-state index contributed by atoms with van der Waals surface area (Å²) in [6.45, 7) is 5.99. The van der Waals surface area contributed by atoms with Crippen molar-refractivity contribution in [1.29, 1.82) is 0 Å². The van der Waals surface area contributed by atoms with Gasteiger partial charge in [-0.2, -0.15) is 0 Å². The average Bonchev–Trinajstić information content (AvgIpc) is 2.14. The molecule has 78 valence electrons. The van der Waals surface area contributed by atoms with E-state index in [1.807, 2.05) is 38.8 Å². The van der Waals surface area contributed by atoms with Crippen molar-refractivity contribution in [1.82, 2.24) is 9.97 Å². The van der Waals surface area contributed by atoms with Gasteiger partial charge in [0, 0.05) is 30.4 Å². The van der Waals surface area contributed by atoms with Crippen molar-refractivity contribution >= 4 is 17.5 Å². The number of hydrogen-bond donors (Lipinski definition) is 0. The average molecular weight is 214 g/mol. The van der Waals surface area contributed by atoms with E-state index in [9.17, 15) is 0 Å². The van der Waals surface area contributed by atoms with Crippen molar-refractivity contribution in [3.05, 3.63) is 17.5 Å². The summed E-state index contributed by atoms with van der Waals surface area (Å²) < 4.78 is 0. The molecule has 0 fully saturated rings. The van der Waals surface area contributed by atoms with Crippen molar-refractivity contribution in [2.24, 2.45) is 0 Å². The van der Waals surface area contributed by atoms with Gasteiger partial charge in [0.25, 0.3) is 0 Å². The van der Waals surface area contributed by atoms with Crippen LogP contribution in [-0.2, 0) is 0 Å². The smallest absolute Gasteiger partial charge is 0.225 e. The summed E-state index contributed by atoms with van der Waals surface area (Å²) in [5, 5.41) is 0. The second kappa shape index (κ2) is 4.60. The van der Waals surface area contributed by atoms with Gasteiger partial charge in [-0.25, -0.2) is 9.97 Å². The van der Waals surface area contributed by atoms with Crippen LogP contribution in [0, 0.1) is 13.8 Å². The maximum atomic E-state index is 5.78. The molecule has 1 aromatic rings. The van der Waals surface area contributed by atoms with Gasteiger partial charge >= 0.3 is 0 Å². The third kappa shape index (κ3) is 2.58. The molecule has 1 aromatic heterocycles. The molecule has 0 saturated heterocycles. The zero-order valence-corrected chi connectivity index (χ0v) is 9.84. The Bertz CT molecular complexity index is 294. The lowest BCUT2D eigenvalue weighted by Crippen LogP contribution is -2.31. The molecule has 0 aliphatic rings. The molecule has 0 N–H and O–H groups in total. The predicted octanol–water partition coefficient (Wildman–Crippen LogP) is 2.16. The maximum absolute atomic E-state index is 5.78. The Morgan fingerprint density at radius 1 is 1.36 bits per heavy atom. The lowest BCUT2D eigenvalue weighted by molar-refractivity contribution is 0.730. The number of aromatic nitrogens is 2. The summed E-state index contributed by atoms with van der Waals surface area (Å²) in [6.07, 6.45) is 0. The molecular formula is C10H16ClN3. The summed E-state index contributed by atoms with van der Waals surface area (Å²) in [6, 6.07) is 2.21. The first kappa shape index (κ1) is 11.2. The largest absolute Gasteiger partial charge is 0.340 e. The van der Waals surface area contributed by atoms with E-state index in [0.717, 1.165) is 17.3 Å². The number of aryl methyl sites for hydroxylation is 2. The summed E-state index contributed by atoms with van der Waals surface area (Å²) >= 11 is 5.78. The zero-order valence-electron chi connectivity index (χ0n) is 9.08. The third-order valence-electron chi connectivity index (χ3n) is 2.17. The first-order chi connectivity index (χ1) is 6.54. The molecule has 0 spiro atoms. The maximum Gasteiger partial charge on any atom is 0.225 e. The lowest BCUT2D eigenvalue weighted by Gasteiger charge is -2.23. The summed E-state index contributed by atoms with van der Waals surface area (Å²) in [7, 11) is 1.96. The van der Waals surface area contributed by atoms with Crippen LogP contribution in [0.2, 0.25) is 0 Å². The molecule has 0 aromatic carbocycles. The van der Waals surface area contributed by atoms with Gasteiger partial charge in [-0.15, -0.1) is 11.6 Å². The quantitative estimate of drug-likeness (QED) is 0.721. The fourth-order valence-electron chi connectivity index (χ4n) is 1.17. The second-order valence-corrected chi connectivity index (χ2v) is 3.87. The van der Waals surface area contributed by atoms with Gasteiger partial charge in [-0.1, -0.05) is 0 Å². The molecule has 1 heterocycles. The minimum Gasteiger partial charge on any atom is -0.340 e. The molecule has 0 aliphatic heterocycles. The normalized spacial score (nSPS) is 12.6. The van der Waals surface area contributed by atoms with Crippen LogP contribution in [0.4, 0.5) is 5.95 Å². The van der Waals surface area contributed by atoms with Gasteiger partial charge in [-0.05, 0) is 26.8 Å². The fraction of sp³-hybridized carbons (Fsp3) is 0.600. The molecule has 1 unspecified atom stereocenters. The monoisotopic (exact) mass is 213 g/mol. The fourth-order valence-corrected chi connectivity index (χ4v) is 1.37. The molecule has 4 heteroatoms. The van der Waals surface area contributed by atoms with Crippen molar-refractivity contribution in [3.8, 4) is 0 Å². The molecule has 0 saturated carbocycles. The van der Waals surface area contributed by atoms with Crippen LogP contribution in [-0.4, -0.2) is 28.9 Å². The number of alkyl halides is 1. The van der Waals surface area contributed by atoms with E-state index in [2.05, 4.69) is 9.97 Å². The molecule has 1 rings (SSSR count). The van der Waals surface area contributed by atoms with E-state index in [1.165, 1.54) is 0 Å². The Kier molecular flexibility index (Phi) is 3.69. The van der Waals surface area contributed by atoms with Crippen LogP contribution in [0.1, 0.15) is 18.3 Å². The molecule has 0 amide bonds. The summed E-state index contributed by atoms with van der Waals surface area (Å²) in [5.41, 5.74) is 1.97. The second-order valence-electron chi connectivity index (χ2n) is 3.56. The number of rotatable bonds is 3. The van der Waals surface area contributed by atoms with E-state index >= 15 is 0 Å².